The highest BCUT2D eigenvalue weighted by Crippen LogP contribution is 2.25. The maximum absolute atomic E-state index is 12.6. The molecule has 1 aliphatic rings. The Morgan fingerprint density at radius 2 is 2.07 bits per heavy atom. The molecule has 10 nitrogen and oxygen atoms in total. The predicted molar refractivity (Wildman–Crippen MR) is 94.4 cm³/mol. The number of nitro groups is 1. The van der Waals surface area contributed by atoms with Crippen molar-refractivity contribution < 1.29 is 28.0 Å². The van der Waals surface area contributed by atoms with Gasteiger partial charge in [0.25, 0.3) is 5.69 Å². The van der Waals surface area contributed by atoms with Gasteiger partial charge >= 0.3 is 5.97 Å². The first-order valence-electron chi connectivity index (χ1n) is 8.28. The Morgan fingerprint density at radius 3 is 2.67 bits per heavy atom. The average Bonchev–Trinajstić information content (AvgIpc) is 2.61. The van der Waals surface area contributed by atoms with Gasteiger partial charge in [0, 0.05) is 31.8 Å². The SMILES string of the molecule is C[C@@H]1[C@H](C(=O)O)CCCN1C(=O)CN(C)S(=O)(=O)c1cccc([N+](=O)[O-])c1. The van der Waals surface area contributed by atoms with Crippen LogP contribution < -0.4 is 0 Å². The fraction of sp³-hybridized carbons (Fsp3) is 0.500. The Balaban J connectivity index is 2.16. The number of aliphatic carboxylic acids is 1. The van der Waals surface area contributed by atoms with E-state index in [0.29, 0.717) is 19.4 Å². The summed E-state index contributed by atoms with van der Waals surface area (Å²) in [5, 5.41) is 20.1. The minimum absolute atomic E-state index is 0.290. The number of nitro benzene ring substituents is 1. The Labute approximate surface area is 156 Å². The molecule has 0 saturated carbocycles. The van der Waals surface area contributed by atoms with Gasteiger partial charge in [-0.25, -0.2) is 8.42 Å². The molecule has 1 N–H and O–H groups in total. The number of amides is 1. The molecule has 1 amide bonds. The van der Waals surface area contributed by atoms with E-state index in [0.717, 1.165) is 10.4 Å². The number of nitrogens with zero attached hydrogens (tertiary/aromatic N) is 3. The van der Waals surface area contributed by atoms with Gasteiger partial charge in [-0.1, -0.05) is 6.07 Å². The number of sulfonamides is 1. The zero-order chi connectivity index (χ0) is 20.4. The zero-order valence-corrected chi connectivity index (χ0v) is 15.8. The van der Waals surface area contributed by atoms with Crippen molar-refractivity contribution >= 4 is 27.6 Å². The van der Waals surface area contributed by atoms with Crippen LogP contribution in [0.15, 0.2) is 29.2 Å². The summed E-state index contributed by atoms with van der Waals surface area (Å²) >= 11 is 0. The molecule has 0 unspecified atom stereocenters. The van der Waals surface area contributed by atoms with E-state index in [2.05, 4.69) is 0 Å². The van der Waals surface area contributed by atoms with Crippen LogP contribution in [-0.2, 0) is 19.6 Å². The molecule has 1 aromatic carbocycles. The lowest BCUT2D eigenvalue weighted by Crippen LogP contribution is -2.52. The maximum atomic E-state index is 12.6. The van der Waals surface area contributed by atoms with Crippen LogP contribution in [-0.4, -0.2) is 65.7 Å². The summed E-state index contributed by atoms with van der Waals surface area (Å²) in [5.41, 5.74) is -0.371. The number of hydrogen-bond acceptors (Lipinski definition) is 6. The van der Waals surface area contributed by atoms with Crippen LogP contribution in [0.5, 0.6) is 0 Å². The lowest BCUT2D eigenvalue weighted by Gasteiger charge is -2.38. The van der Waals surface area contributed by atoms with Crippen LogP contribution in [0.4, 0.5) is 5.69 Å². The molecule has 0 aliphatic carbocycles. The Morgan fingerprint density at radius 1 is 1.41 bits per heavy atom. The number of hydrogen-bond donors (Lipinski definition) is 1. The highest BCUT2D eigenvalue weighted by molar-refractivity contribution is 7.89. The number of rotatable bonds is 6. The third-order valence-electron chi connectivity index (χ3n) is 4.72. The minimum Gasteiger partial charge on any atom is -0.481 e. The number of piperidine rings is 1. The van der Waals surface area contributed by atoms with Gasteiger partial charge in [0.1, 0.15) is 0 Å². The normalized spacial score (nSPS) is 20.5. The first kappa shape index (κ1) is 20.8. The molecule has 148 valence electrons. The molecular weight excluding hydrogens is 378 g/mol. The van der Waals surface area contributed by atoms with E-state index in [9.17, 15) is 33.2 Å². The lowest BCUT2D eigenvalue weighted by atomic mass is 9.90. The van der Waals surface area contributed by atoms with Crippen LogP contribution in [0.1, 0.15) is 19.8 Å². The number of carboxylic acid groups (broad SMARTS) is 1. The molecule has 1 aromatic rings. The first-order valence-corrected chi connectivity index (χ1v) is 9.72. The first-order chi connectivity index (χ1) is 12.6. The molecule has 2 atom stereocenters. The van der Waals surface area contributed by atoms with Gasteiger partial charge in [-0.2, -0.15) is 4.31 Å². The molecule has 11 heteroatoms. The van der Waals surface area contributed by atoms with E-state index in [1.807, 2.05) is 0 Å². The highest BCUT2D eigenvalue weighted by atomic mass is 32.2. The second kappa shape index (κ2) is 8.01. The molecule has 1 fully saturated rings. The van der Waals surface area contributed by atoms with E-state index in [4.69, 9.17) is 0 Å². The second-order valence-electron chi connectivity index (χ2n) is 6.43. The standard InChI is InChI=1S/C16H21N3O7S/c1-11-14(16(21)22)7-4-8-18(11)15(20)10-17(2)27(25,26)13-6-3-5-12(9-13)19(23)24/h3,5-6,9,11,14H,4,7-8,10H2,1-2H3,(H,21,22)/t11-,14-/m1/s1. The minimum atomic E-state index is -4.11. The van der Waals surface area contributed by atoms with Crippen molar-refractivity contribution in [3.05, 3.63) is 34.4 Å². The monoisotopic (exact) mass is 399 g/mol. The molecule has 27 heavy (non-hydrogen) atoms. The number of carbonyl (C=O) groups is 2. The van der Waals surface area contributed by atoms with Gasteiger partial charge in [-0.3, -0.25) is 19.7 Å². The largest absolute Gasteiger partial charge is 0.481 e. The number of carbonyl (C=O) groups excluding carboxylic acids is 1. The van der Waals surface area contributed by atoms with Gasteiger partial charge in [-0.05, 0) is 25.8 Å². The van der Waals surface area contributed by atoms with E-state index in [1.54, 1.807) is 6.92 Å². The summed E-state index contributed by atoms with van der Waals surface area (Å²) in [4.78, 5) is 35.1. The molecule has 0 aromatic heterocycles. The molecular formula is C16H21N3O7S. The van der Waals surface area contributed by atoms with Crippen molar-refractivity contribution in [1.29, 1.82) is 0 Å². The average molecular weight is 399 g/mol. The number of likely N-dealkylation sites (tertiary alicyclic amines) is 1. The van der Waals surface area contributed by atoms with Crippen molar-refractivity contribution in [2.24, 2.45) is 5.92 Å². The van der Waals surface area contributed by atoms with Crippen molar-refractivity contribution in [3.63, 3.8) is 0 Å². The van der Waals surface area contributed by atoms with Gasteiger partial charge < -0.3 is 10.0 Å². The number of non-ortho nitro benzene ring substituents is 1. The number of likely N-dealkylation sites (N-methyl/N-ethyl adjacent to an activating group) is 1. The smallest absolute Gasteiger partial charge is 0.308 e. The van der Waals surface area contributed by atoms with Crippen molar-refractivity contribution in [2.45, 2.75) is 30.7 Å². The number of benzene rings is 1. The van der Waals surface area contributed by atoms with Crippen LogP contribution in [0.3, 0.4) is 0 Å². The van der Waals surface area contributed by atoms with E-state index < -0.39 is 45.3 Å². The van der Waals surface area contributed by atoms with Crippen LogP contribution in [0.25, 0.3) is 0 Å². The van der Waals surface area contributed by atoms with E-state index in [-0.39, 0.29) is 10.6 Å². The summed E-state index contributed by atoms with van der Waals surface area (Å²) in [6, 6.07) is 4.03. The summed E-state index contributed by atoms with van der Waals surface area (Å²) in [6.07, 6.45) is 0.983. The van der Waals surface area contributed by atoms with Crippen LogP contribution in [0, 0.1) is 16.0 Å². The van der Waals surface area contributed by atoms with Crippen LogP contribution in [0.2, 0.25) is 0 Å². The Kier molecular flexibility index (Phi) is 6.16. The Hall–Kier alpha value is -2.53. The molecule has 1 heterocycles. The van der Waals surface area contributed by atoms with Gasteiger partial charge in [0.2, 0.25) is 15.9 Å². The van der Waals surface area contributed by atoms with Gasteiger partial charge in [0.05, 0.1) is 22.3 Å². The zero-order valence-electron chi connectivity index (χ0n) is 14.9. The summed E-state index contributed by atoms with van der Waals surface area (Å²) < 4.78 is 26.0. The highest BCUT2D eigenvalue weighted by Gasteiger charge is 2.36. The summed E-state index contributed by atoms with van der Waals surface area (Å²) in [7, 11) is -2.91. The third-order valence-corrected chi connectivity index (χ3v) is 6.52. The van der Waals surface area contributed by atoms with Crippen molar-refractivity contribution in [2.75, 3.05) is 20.1 Å². The third kappa shape index (κ3) is 4.42. The molecule has 0 radical (unpaired) electrons. The van der Waals surface area contributed by atoms with Crippen LogP contribution >= 0.6 is 0 Å². The predicted octanol–water partition coefficient (Wildman–Crippen LogP) is 0.927. The summed E-state index contributed by atoms with van der Waals surface area (Å²) in [5.74, 6) is -2.19. The summed E-state index contributed by atoms with van der Waals surface area (Å²) in [6.45, 7) is 1.50. The Bertz CT molecular complexity index is 855. The molecule has 0 bridgehead atoms. The molecule has 2 rings (SSSR count). The lowest BCUT2D eigenvalue weighted by molar-refractivity contribution is -0.385. The fourth-order valence-corrected chi connectivity index (χ4v) is 4.29. The van der Waals surface area contributed by atoms with Gasteiger partial charge in [0.15, 0.2) is 0 Å². The molecule has 0 spiro atoms. The number of carboxylic acids is 1. The van der Waals surface area contributed by atoms with Gasteiger partial charge in [-0.15, -0.1) is 0 Å². The topological polar surface area (TPSA) is 138 Å². The quantitative estimate of drug-likeness (QED) is 0.554. The fourth-order valence-electron chi connectivity index (χ4n) is 3.13. The molecule has 1 saturated heterocycles. The van der Waals surface area contributed by atoms with Crippen molar-refractivity contribution in [1.82, 2.24) is 9.21 Å². The maximum Gasteiger partial charge on any atom is 0.308 e. The van der Waals surface area contributed by atoms with Crippen molar-refractivity contribution in [3.8, 4) is 0 Å². The second-order valence-corrected chi connectivity index (χ2v) is 8.48. The van der Waals surface area contributed by atoms with E-state index in [1.165, 1.54) is 30.1 Å². The van der Waals surface area contributed by atoms with E-state index >= 15 is 0 Å². The molecule has 1 aliphatic heterocycles.